The van der Waals surface area contributed by atoms with E-state index in [1.54, 1.807) is 11.8 Å². The van der Waals surface area contributed by atoms with Gasteiger partial charge < -0.3 is 10.3 Å². The van der Waals surface area contributed by atoms with Crippen LogP contribution < -0.4 is 10.9 Å². The number of fused-ring (bicyclic) bond motifs is 1. The fraction of sp³-hybridized carbons (Fsp3) is 0.480. The van der Waals surface area contributed by atoms with E-state index in [-0.39, 0.29) is 11.5 Å². The van der Waals surface area contributed by atoms with E-state index in [1.165, 1.54) is 27.4 Å². The minimum absolute atomic E-state index is 0.145. The molecule has 0 aliphatic heterocycles. The van der Waals surface area contributed by atoms with Crippen molar-refractivity contribution in [3.8, 4) is 0 Å². The standard InChI is InChI=1S/C25H34N4O2S2/c1-14(2)29(15(3)4)11-10-26-24(31)22-18(7)21-23(30)27-20(28-25(21)33-22)13-32-19-12-16(5)8-9-17(19)6/h8-9,12,14-15H,10-11,13H2,1-7H3,(H,26,31)(H,27,28,30). The number of aromatic amines is 1. The highest BCUT2D eigenvalue weighted by Crippen LogP contribution is 2.29. The molecule has 0 fully saturated rings. The zero-order valence-electron chi connectivity index (χ0n) is 20.5. The van der Waals surface area contributed by atoms with Gasteiger partial charge in [-0.2, -0.15) is 0 Å². The molecular formula is C25H34N4O2S2. The Labute approximate surface area is 204 Å². The van der Waals surface area contributed by atoms with E-state index in [9.17, 15) is 9.59 Å². The summed E-state index contributed by atoms with van der Waals surface area (Å²) < 4.78 is 0. The number of aryl methyl sites for hydroxylation is 3. The van der Waals surface area contributed by atoms with Gasteiger partial charge in [-0.1, -0.05) is 17.7 Å². The van der Waals surface area contributed by atoms with Gasteiger partial charge in [0.1, 0.15) is 10.7 Å². The topological polar surface area (TPSA) is 78.1 Å². The maximum atomic E-state index is 12.9. The Bertz CT molecular complexity index is 1190. The number of rotatable bonds is 9. The van der Waals surface area contributed by atoms with E-state index in [4.69, 9.17) is 0 Å². The Morgan fingerprint density at radius 1 is 1.18 bits per heavy atom. The molecule has 0 aliphatic rings. The monoisotopic (exact) mass is 486 g/mol. The van der Waals surface area contributed by atoms with Gasteiger partial charge in [0.25, 0.3) is 11.5 Å². The summed E-state index contributed by atoms with van der Waals surface area (Å²) in [6, 6.07) is 7.17. The summed E-state index contributed by atoms with van der Waals surface area (Å²) >= 11 is 2.95. The SMILES string of the molecule is Cc1ccc(C)c(SCc2nc3sc(C(=O)NCCN(C(C)C)C(C)C)c(C)c3c(=O)[nH]2)c1. The number of H-pyrrole nitrogens is 1. The van der Waals surface area contributed by atoms with E-state index in [0.29, 0.717) is 50.9 Å². The van der Waals surface area contributed by atoms with Gasteiger partial charge in [0.15, 0.2) is 0 Å². The first-order chi connectivity index (χ1) is 15.6. The van der Waals surface area contributed by atoms with Crippen molar-refractivity contribution >= 4 is 39.2 Å². The lowest BCUT2D eigenvalue weighted by Crippen LogP contribution is -2.42. The largest absolute Gasteiger partial charge is 0.350 e. The molecule has 6 nitrogen and oxygen atoms in total. The Kier molecular flexibility index (Phi) is 8.37. The van der Waals surface area contributed by atoms with Crippen LogP contribution in [0.25, 0.3) is 10.2 Å². The van der Waals surface area contributed by atoms with E-state index in [2.05, 4.69) is 79.9 Å². The van der Waals surface area contributed by atoms with Crippen LogP contribution in [0, 0.1) is 20.8 Å². The van der Waals surface area contributed by atoms with Gasteiger partial charge in [-0.05, 0) is 65.7 Å². The van der Waals surface area contributed by atoms with E-state index in [0.717, 1.165) is 6.54 Å². The first-order valence-electron chi connectivity index (χ1n) is 11.3. The third-order valence-corrected chi connectivity index (χ3v) is 8.10. The highest BCUT2D eigenvalue weighted by molar-refractivity contribution is 7.98. The van der Waals surface area contributed by atoms with Gasteiger partial charge in [-0.15, -0.1) is 23.1 Å². The van der Waals surface area contributed by atoms with Crippen LogP contribution in [-0.2, 0) is 5.75 Å². The third kappa shape index (κ3) is 6.05. The lowest BCUT2D eigenvalue weighted by molar-refractivity contribution is 0.0943. The molecule has 0 aliphatic carbocycles. The summed E-state index contributed by atoms with van der Waals surface area (Å²) in [6.45, 7) is 15.9. The lowest BCUT2D eigenvalue weighted by Gasteiger charge is -2.30. The van der Waals surface area contributed by atoms with Crippen molar-refractivity contribution in [3.05, 3.63) is 55.9 Å². The lowest BCUT2D eigenvalue weighted by atomic mass is 10.2. The fourth-order valence-corrected chi connectivity index (χ4v) is 6.08. The molecule has 1 amide bonds. The maximum absolute atomic E-state index is 12.9. The Balaban J connectivity index is 1.75. The molecule has 8 heteroatoms. The van der Waals surface area contributed by atoms with Crippen molar-refractivity contribution in [3.63, 3.8) is 0 Å². The number of hydrogen-bond donors (Lipinski definition) is 2. The predicted molar refractivity (Wildman–Crippen MR) is 140 cm³/mol. The second-order valence-electron chi connectivity index (χ2n) is 8.99. The second kappa shape index (κ2) is 10.8. The molecule has 0 unspecified atom stereocenters. The number of benzene rings is 1. The first kappa shape index (κ1) is 25.5. The van der Waals surface area contributed by atoms with Gasteiger partial charge in [-0.3, -0.25) is 14.5 Å². The average Bonchev–Trinajstić information content (AvgIpc) is 3.08. The van der Waals surface area contributed by atoms with Gasteiger partial charge >= 0.3 is 0 Å². The molecule has 1 aromatic carbocycles. The van der Waals surface area contributed by atoms with Crippen molar-refractivity contribution in [1.29, 1.82) is 0 Å². The molecule has 0 radical (unpaired) electrons. The third-order valence-electron chi connectivity index (χ3n) is 5.75. The summed E-state index contributed by atoms with van der Waals surface area (Å²) in [5, 5.41) is 3.53. The van der Waals surface area contributed by atoms with Crippen molar-refractivity contribution in [2.45, 2.75) is 71.2 Å². The summed E-state index contributed by atoms with van der Waals surface area (Å²) in [5.41, 5.74) is 2.91. The minimum atomic E-state index is -0.185. The molecule has 2 N–H and O–H groups in total. The van der Waals surface area contributed by atoms with Crippen LogP contribution in [0.4, 0.5) is 0 Å². The average molecular weight is 487 g/mol. The summed E-state index contributed by atoms with van der Waals surface area (Å²) in [7, 11) is 0. The zero-order valence-corrected chi connectivity index (χ0v) is 22.2. The van der Waals surface area contributed by atoms with Crippen LogP contribution in [0.5, 0.6) is 0 Å². The molecule has 0 saturated heterocycles. The van der Waals surface area contributed by atoms with Crippen LogP contribution in [0.2, 0.25) is 0 Å². The van der Waals surface area contributed by atoms with Gasteiger partial charge in [0.05, 0.1) is 16.0 Å². The molecule has 0 atom stereocenters. The molecule has 0 spiro atoms. The summed E-state index contributed by atoms with van der Waals surface area (Å²) in [5.74, 6) is 1.04. The molecule has 178 valence electrons. The quantitative estimate of drug-likeness (QED) is 0.414. The summed E-state index contributed by atoms with van der Waals surface area (Å²) in [4.78, 5) is 38.0. The summed E-state index contributed by atoms with van der Waals surface area (Å²) in [6.07, 6.45) is 0. The van der Waals surface area contributed by atoms with E-state index in [1.807, 2.05) is 6.92 Å². The molecule has 0 saturated carbocycles. The van der Waals surface area contributed by atoms with Gasteiger partial charge in [-0.25, -0.2) is 4.98 Å². The number of hydrogen-bond acceptors (Lipinski definition) is 6. The number of nitrogens with one attached hydrogen (secondary N) is 2. The Hall–Kier alpha value is -2.16. The van der Waals surface area contributed by atoms with Crippen molar-refractivity contribution in [1.82, 2.24) is 20.2 Å². The van der Waals surface area contributed by atoms with Crippen molar-refractivity contribution < 1.29 is 4.79 Å². The number of amides is 1. The number of thioether (sulfide) groups is 1. The van der Waals surface area contributed by atoms with Crippen LogP contribution in [-0.4, -0.2) is 45.9 Å². The Morgan fingerprint density at radius 3 is 2.55 bits per heavy atom. The van der Waals surface area contributed by atoms with Crippen LogP contribution in [0.15, 0.2) is 27.9 Å². The van der Waals surface area contributed by atoms with Crippen LogP contribution in [0.3, 0.4) is 0 Å². The minimum Gasteiger partial charge on any atom is -0.350 e. The van der Waals surface area contributed by atoms with Crippen molar-refractivity contribution in [2.75, 3.05) is 13.1 Å². The number of aromatic nitrogens is 2. The normalized spacial score (nSPS) is 11.8. The van der Waals surface area contributed by atoms with E-state index >= 15 is 0 Å². The van der Waals surface area contributed by atoms with Gasteiger partial charge in [0, 0.05) is 30.1 Å². The molecular weight excluding hydrogens is 452 g/mol. The predicted octanol–water partition coefficient (Wildman–Crippen LogP) is 5.05. The molecule has 33 heavy (non-hydrogen) atoms. The number of nitrogens with zero attached hydrogens (tertiary/aromatic N) is 2. The van der Waals surface area contributed by atoms with Gasteiger partial charge in [0.2, 0.25) is 0 Å². The molecule has 2 heterocycles. The fourth-order valence-electron chi connectivity index (χ4n) is 3.97. The van der Waals surface area contributed by atoms with Crippen LogP contribution >= 0.6 is 23.1 Å². The number of thiophene rings is 1. The highest BCUT2D eigenvalue weighted by atomic mass is 32.2. The molecule has 0 bridgehead atoms. The smallest absolute Gasteiger partial charge is 0.261 e. The van der Waals surface area contributed by atoms with Crippen molar-refractivity contribution in [2.24, 2.45) is 0 Å². The zero-order chi connectivity index (χ0) is 24.3. The Morgan fingerprint density at radius 2 is 1.88 bits per heavy atom. The molecule has 3 aromatic rings. The second-order valence-corrected chi connectivity index (χ2v) is 11.0. The molecule has 3 rings (SSSR count). The number of carbonyl (C=O) groups is 1. The van der Waals surface area contributed by atoms with Crippen LogP contribution in [0.1, 0.15) is 59.9 Å². The molecule has 2 aromatic heterocycles. The first-order valence-corrected chi connectivity index (χ1v) is 13.1. The van der Waals surface area contributed by atoms with E-state index < -0.39 is 0 Å². The maximum Gasteiger partial charge on any atom is 0.261 e. The number of carbonyl (C=O) groups excluding carboxylic acids is 1. The highest BCUT2D eigenvalue weighted by Gasteiger charge is 2.20.